The summed E-state index contributed by atoms with van der Waals surface area (Å²) in [5.74, 6) is -0.172. The molecule has 0 aromatic heterocycles. The lowest BCUT2D eigenvalue weighted by molar-refractivity contribution is 0.0734. The summed E-state index contributed by atoms with van der Waals surface area (Å²) >= 11 is 0. The predicted molar refractivity (Wildman–Crippen MR) is 71.0 cm³/mol. The van der Waals surface area contributed by atoms with E-state index in [1.54, 1.807) is 30.3 Å². The van der Waals surface area contributed by atoms with Crippen LogP contribution in [0.4, 0.5) is 0 Å². The minimum atomic E-state index is -3.24. The van der Waals surface area contributed by atoms with E-state index in [1.807, 2.05) is 0 Å². The summed E-state index contributed by atoms with van der Waals surface area (Å²) < 4.78 is 27.7. The molecule has 0 saturated heterocycles. The van der Waals surface area contributed by atoms with Gasteiger partial charge in [-0.2, -0.15) is 0 Å². The van der Waals surface area contributed by atoms with E-state index in [1.165, 1.54) is 24.3 Å². The molecule has 0 spiro atoms. The van der Waals surface area contributed by atoms with Gasteiger partial charge in [0.1, 0.15) is 5.75 Å². The molecule has 0 aliphatic carbocycles. The van der Waals surface area contributed by atoms with Crippen LogP contribution >= 0.6 is 0 Å². The van der Waals surface area contributed by atoms with Crippen molar-refractivity contribution in [3.8, 4) is 5.75 Å². The molecule has 0 radical (unpaired) electrons. The largest absolute Gasteiger partial charge is 0.423 e. The number of sulfone groups is 1. The van der Waals surface area contributed by atoms with Crippen LogP contribution in [0.5, 0.6) is 5.75 Å². The first kappa shape index (κ1) is 13.3. The van der Waals surface area contributed by atoms with Crippen LogP contribution < -0.4 is 4.74 Å². The monoisotopic (exact) mass is 276 g/mol. The van der Waals surface area contributed by atoms with Crippen LogP contribution in [0, 0.1) is 0 Å². The van der Waals surface area contributed by atoms with Crippen molar-refractivity contribution in [2.24, 2.45) is 0 Å². The first-order valence-corrected chi connectivity index (χ1v) is 7.43. The molecule has 0 N–H and O–H groups in total. The maximum atomic E-state index is 11.8. The fourth-order valence-electron chi connectivity index (χ4n) is 1.50. The maximum absolute atomic E-state index is 11.8. The van der Waals surface area contributed by atoms with Gasteiger partial charge in [-0.1, -0.05) is 18.2 Å². The number of carbonyl (C=O) groups excluding carboxylic acids is 1. The van der Waals surface area contributed by atoms with E-state index >= 15 is 0 Å². The third-order valence-corrected chi connectivity index (χ3v) is 3.60. The summed E-state index contributed by atoms with van der Waals surface area (Å²) in [5.41, 5.74) is 0.440. The molecule has 0 unspecified atom stereocenters. The highest BCUT2D eigenvalue weighted by molar-refractivity contribution is 7.90. The van der Waals surface area contributed by atoms with Crippen molar-refractivity contribution in [3.05, 3.63) is 60.2 Å². The molecule has 0 bridgehead atoms. The molecule has 0 aliphatic rings. The minimum absolute atomic E-state index is 0.187. The Bertz CT molecular complexity index is 673. The Morgan fingerprint density at radius 2 is 1.53 bits per heavy atom. The Balaban J connectivity index is 2.15. The van der Waals surface area contributed by atoms with E-state index in [2.05, 4.69) is 0 Å². The topological polar surface area (TPSA) is 60.4 Å². The molecule has 0 fully saturated rings. The van der Waals surface area contributed by atoms with Crippen LogP contribution in [-0.2, 0) is 9.84 Å². The molecule has 0 saturated carbocycles. The average Bonchev–Trinajstić information content (AvgIpc) is 2.39. The van der Waals surface area contributed by atoms with Gasteiger partial charge in [-0.3, -0.25) is 0 Å². The van der Waals surface area contributed by atoms with Crippen molar-refractivity contribution < 1.29 is 17.9 Å². The quantitative estimate of drug-likeness (QED) is 0.637. The molecule has 0 atom stereocenters. The highest BCUT2D eigenvalue weighted by atomic mass is 32.2. The molecule has 0 amide bonds. The summed E-state index contributed by atoms with van der Waals surface area (Å²) in [4.78, 5) is 11.9. The number of ether oxygens (including phenoxy) is 1. The van der Waals surface area contributed by atoms with Gasteiger partial charge in [-0.15, -0.1) is 0 Å². The van der Waals surface area contributed by atoms with Gasteiger partial charge in [0.2, 0.25) is 0 Å². The average molecular weight is 276 g/mol. The van der Waals surface area contributed by atoms with Crippen molar-refractivity contribution >= 4 is 15.8 Å². The van der Waals surface area contributed by atoms with Crippen molar-refractivity contribution in [3.63, 3.8) is 0 Å². The van der Waals surface area contributed by atoms with Crippen molar-refractivity contribution in [1.29, 1.82) is 0 Å². The van der Waals surface area contributed by atoms with Crippen molar-refractivity contribution in [2.75, 3.05) is 6.26 Å². The summed E-state index contributed by atoms with van der Waals surface area (Å²) in [6.07, 6.45) is 1.12. The number of carbonyl (C=O) groups is 1. The standard InChI is InChI=1S/C14H12O4S/c1-19(16,17)13-9-7-12(8-10-13)18-14(15)11-5-3-2-4-6-11/h2-10H,1H3. The van der Waals surface area contributed by atoms with Gasteiger partial charge < -0.3 is 4.74 Å². The van der Waals surface area contributed by atoms with Gasteiger partial charge in [-0.25, -0.2) is 13.2 Å². The Morgan fingerprint density at radius 1 is 0.947 bits per heavy atom. The second-order valence-electron chi connectivity index (χ2n) is 4.00. The van der Waals surface area contributed by atoms with Crippen LogP contribution in [-0.4, -0.2) is 20.6 Å². The molecule has 4 nitrogen and oxygen atoms in total. The van der Waals surface area contributed by atoms with Gasteiger partial charge in [0.15, 0.2) is 9.84 Å². The predicted octanol–water partition coefficient (Wildman–Crippen LogP) is 2.31. The Hall–Kier alpha value is -2.14. The number of rotatable bonds is 3. The Morgan fingerprint density at radius 3 is 2.05 bits per heavy atom. The molecular formula is C14H12O4S. The van der Waals surface area contributed by atoms with Crippen LogP contribution in [0.2, 0.25) is 0 Å². The van der Waals surface area contributed by atoms with Gasteiger partial charge in [0, 0.05) is 6.26 Å². The number of hydrogen-bond acceptors (Lipinski definition) is 4. The maximum Gasteiger partial charge on any atom is 0.343 e. The zero-order valence-electron chi connectivity index (χ0n) is 10.2. The summed E-state index contributed by atoms with van der Waals surface area (Å²) in [6, 6.07) is 14.3. The second-order valence-corrected chi connectivity index (χ2v) is 6.01. The molecule has 0 aliphatic heterocycles. The first-order valence-electron chi connectivity index (χ1n) is 5.54. The number of hydrogen-bond donors (Lipinski definition) is 0. The molecule has 5 heteroatoms. The van der Waals surface area contributed by atoms with E-state index in [-0.39, 0.29) is 4.90 Å². The van der Waals surface area contributed by atoms with Gasteiger partial charge in [0.25, 0.3) is 0 Å². The third kappa shape index (κ3) is 3.42. The number of benzene rings is 2. The molecule has 2 aromatic carbocycles. The van der Waals surface area contributed by atoms with Gasteiger partial charge >= 0.3 is 5.97 Å². The molecule has 19 heavy (non-hydrogen) atoms. The summed E-state index contributed by atoms with van der Waals surface area (Å²) in [5, 5.41) is 0. The fourth-order valence-corrected chi connectivity index (χ4v) is 2.13. The zero-order valence-corrected chi connectivity index (χ0v) is 11.1. The van der Waals surface area contributed by atoms with Crippen LogP contribution in [0.3, 0.4) is 0 Å². The van der Waals surface area contributed by atoms with E-state index in [0.29, 0.717) is 11.3 Å². The zero-order chi connectivity index (χ0) is 13.9. The van der Waals surface area contributed by atoms with Crippen molar-refractivity contribution in [2.45, 2.75) is 4.90 Å². The number of esters is 1. The lowest BCUT2D eigenvalue weighted by Gasteiger charge is -2.05. The second kappa shape index (κ2) is 5.24. The molecular weight excluding hydrogens is 264 g/mol. The molecule has 0 heterocycles. The van der Waals surface area contributed by atoms with Crippen LogP contribution in [0.25, 0.3) is 0 Å². The first-order chi connectivity index (χ1) is 8.97. The van der Waals surface area contributed by atoms with E-state index in [0.717, 1.165) is 6.26 Å². The van der Waals surface area contributed by atoms with E-state index < -0.39 is 15.8 Å². The molecule has 98 valence electrons. The van der Waals surface area contributed by atoms with Crippen molar-refractivity contribution in [1.82, 2.24) is 0 Å². The SMILES string of the molecule is CS(=O)(=O)c1ccc(OC(=O)c2ccccc2)cc1. The smallest absolute Gasteiger partial charge is 0.343 e. The van der Waals surface area contributed by atoms with Gasteiger partial charge in [-0.05, 0) is 36.4 Å². The third-order valence-electron chi connectivity index (χ3n) is 2.47. The summed E-state index contributed by atoms with van der Waals surface area (Å²) in [6.45, 7) is 0. The fraction of sp³-hybridized carbons (Fsp3) is 0.0714. The lowest BCUT2D eigenvalue weighted by Crippen LogP contribution is -2.08. The lowest BCUT2D eigenvalue weighted by atomic mass is 10.2. The summed E-state index contributed by atoms with van der Waals surface area (Å²) in [7, 11) is -3.24. The Kier molecular flexibility index (Phi) is 3.66. The van der Waals surface area contributed by atoms with E-state index in [9.17, 15) is 13.2 Å². The van der Waals surface area contributed by atoms with Crippen LogP contribution in [0.1, 0.15) is 10.4 Å². The highest BCUT2D eigenvalue weighted by Crippen LogP contribution is 2.17. The van der Waals surface area contributed by atoms with E-state index in [4.69, 9.17) is 4.74 Å². The minimum Gasteiger partial charge on any atom is -0.423 e. The molecule has 2 rings (SSSR count). The molecule has 2 aromatic rings. The Labute approximate surface area is 111 Å². The van der Waals surface area contributed by atoms with Gasteiger partial charge in [0.05, 0.1) is 10.5 Å². The highest BCUT2D eigenvalue weighted by Gasteiger charge is 2.10. The normalized spacial score (nSPS) is 11.0. The van der Waals surface area contributed by atoms with Crippen LogP contribution in [0.15, 0.2) is 59.5 Å².